The second-order valence-electron chi connectivity index (χ2n) is 7.29. The third-order valence-corrected chi connectivity index (χ3v) is 5.52. The van der Waals surface area contributed by atoms with Gasteiger partial charge in [-0.15, -0.1) is 0 Å². The lowest BCUT2D eigenvalue weighted by molar-refractivity contribution is 0.0891. The molecule has 0 saturated heterocycles. The van der Waals surface area contributed by atoms with Gasteiger partial charge in [0.2, 0.25) is 0 Å². The van der Waals surface area contributed by atoms with Crippen molar-refractivity contribution < 1.29 is 4.79 Å². The summed E-state index contributed by atoms with van der Waals surface area (Å²) in [6, 6.07) is 16.7. The van der Waals surface area contributed by atoms with Crippen LogP contribution in [0.3, 0.4) is 0 Å². The molecule has 0 radical (unpaired) electrons. The van der Waals surface area contributed by atoms with Crippen LogP contribution >= 0.6 is 0 Å². The average Bonchev–Trinajstić information content (AvgIpc) is 2.59. The Morgan fingerprint density at radius 2 is 1.75 bits per heavy atom. The molecule has 1 aliphatic rings. The van der Waals surface area contributed by atoms with Crippen molar-refractivity contribution >= 4 is 5.91 Å². The van der Waals surface area contributed by atoms with Crippen molar-refractivity contribution in [1.82, 2.24) is 5.32 Å². The lowest BCUT2D eigenvalue weighted by Crippen LogP contribution is -2.43. The monoisotopic (exact) mass is 321 g/mol. The fraction of sp³-hybridized carbons (Fsp3) is 0.409. The molecule has 3 atom stereocenters. The van der Waals surface area contributed by atoms with Crippen LogP contribution in [0.1, 0.15) is 49.0 Å². The summed E-state index contributed by atoms with van der Waals surface area (Å²) < 4.78 is 0. The Labute approximate surface area is 145 Å². The molecule has 2 aromatic carbocycles. The number of aryl methyl sites for hydroxylation is 1. The summed E-state index contributed by atoms with van der Waals surface area (Å²) in [5.74, 6) is 1.29. The predicted molar refractivity (Wildman–Crippen MR) is 100 cm³/mol. The van der Waals surface area contributed by atoms with Crippen LogP contribution in [0, 0.1) is 18.8 Å². The van der Waals surface area contributed by atoms with Crippen molar-refractivity contribution in [2.45, 2.75) is 46.1 Å². The maximum absolute atomic E-state index is 12.6. The summed E-state index contributed by atoms with van der Waals surface area (Å²) in [5.41, 5.74) is 4.33. The molecule has 2 heteroatoms. The molecule has 2 nitrogen and oxygen atoms in total. The molecular formula is C22H27NO. The molecule has 3 unspecified atom stereocenters. The van der Waals surface area contributed by atoms with Crippen molar-refractivity contribution in [1.29, 1.82) is 0 Å². The van der Waals surface area contributed by atoms with Gasteiger partial charge in [-0.2, -0.15) is 0 Å². The summed E-state index contributed by atoms with van der Waals surface area (Å²) in [4.78, 5) is 12.6. The van der Waals surface area contributed by atoms with Crippen LogP contribution < -0.4 is 5.32 Å². The van der Waals surface area contributed by atoms with Crippen LogP contribution in [-0.2, 0) is 0 Å². The van der Waals surface area contributed by atoms with E-state index in [0.29, 0.717) is 17.9 Å². The van der Waals surface area contributed by atoms with Crippen LogP contribution in [0.25, 0.3) is 11.1 Å². The number of carbonyl (C=O) groups is 1. The van der Waals surface area contributed by atoms with Gasteiger partial charge in [0, 0.05) is 11.6 Å². The van der Waals surface area contributed by atoms with Gasteiger partial charge in [-0.1, -0.05) is 68.7 Å². The number of amides is 1. The van der Waals surface area contributed by atoms with Gasteiger partial charge in [-0.3, -0.25) is 4.79 Å². The van der Waals surface area contributed by atoms with Gasteiger partial charge in [-0.05, 0) is 48.4 Å². The van der Waals surface area contributed by atoms with Crippen molar-refractivity contribution in [3.63, 3.8) is 0 Å². The molecule has 0 heterocycles. The lowest BCUT2D eigenvalue weighted by atomic mass is 9.78. The first kappa shape index (κ1) is 16.8. The van der Waals surface area contributed by atoms with Crippen LogP contribution in [0.5, 0.6) is 0 Å². The zero-order chi connectivity index (χ0) is 17.1. The highest BCUT2D eigenvalue weighted by atomic mass is 16.1. The van der Waals surface area contributed by atoms with E-state index in [0.717, 1.165) is 17.5 Å². The van der Waals surface area contributed by atoms with E-state index in [4.69, 9.17) is 0 Å². The Bertz CT molecular complexity index is 704. The Morgan fingerprint density at radius 1 is 1.00 bits per heavy atom. The molecule has 1 saturated carbocycles. The zero-order valence-corrected chi connectivity index (χ0v) is 14.9. The third-order valence-electron chi connectivity index (χ3n) is 5.52. The predicted octanol–water partition coefficient (Wildman–Crippen LogP) is 5.22. The normalized spacial score (nSPS) is 23.7. The molecular weight excluding hydrogens is 294 g/mol. The van der Waals surface area contributed by atoms with Crippen LogP contribution in [0.2, 0.25) is 0 Å². The summed E-state index contributed by atoms with van der Waals surface area (Å²) >= 11 is 0. The number of benzene rings is 2. The fourth-order valence-electron chi connectivity index (χ4n) is 3.68. The average molecular weight is 321 g/mol. The molecule has 0 aromatic heterocycles. The van der Waals surface area contributed by atoms with Gasteiger partial charge in [0.05, 0.1) is 0 Å². The molecule has 1 aliphatic carbocycles. The first-order valence-electron chi connectivity index (χ1n) is 9.02. The van der Waals surface area contributed by atoms with Crippen LogP contribution in [0.15, 0.2) is 48.5 Å². The van der Waals surface area contributed by atoms with E-state index in [1.54, 1.807) is 0 Å². The molecule has 24 heavy (non-hydrogen) atoms. The Hall–Kier alpha value is -2.09. The number of carbonyl (C=O) groups excluding carboxylic acids is 1. The van der Waals surface area contributed by atoms with E-state index < -0.39 is 0 Å². The standard InChI is InChI=1S/C22H27NO/c1-15-6-4-8-20(14-15)18-10-12-19(13-11-18)22(24)23-21-9-5-7-16(2)17(21)3/h4,6,8,10-14,16-17,21H,5,7,9H2,1-3H3,(H,23,24). The van der Waals surface area contributed by atoms with Gasteiger partial charge in [-0.25, -0.2) is 0 Å². The van der Waals surface area contributed by atoms with Crippen molar-refractivity contribution in [3.05, 3.63) is 59.7 Å². The van der Waals surface area contributed by atoms with E-state index in [1.807, 2.05) is 24.3 Å². The quantitative estimate of drug-likeness (QED) is 0.825. The Kier molecular flexibility index (Phi) is 5.03. The summed E-state index contributed by atoms with van der Waals surface area (Å²) in [6.45, 7) is 6.65. The van der Waals surface area contributed by atoms with Crippen LogP contribution in [0.4, 0.5) is 0 Å². The van der Waals surface area contributed by atoms with Crippen molar-refractivity contribution in [2.75, 3.05) is 0 Å². The summed E-state index contributed by atoms with van der Waals surface area (Å²) in [5, 5.41) is 3.24. The highest BCUT2D eigenvalue weighted by Gasteiger charge is 2.28. The smallest absolute Gasteiger partial charge is 0.251 e. The SMILES string of the molecule is Cc1cccc(-c2ccc(C(=O)NC3CCCC(C)C3C)cc2)c1. The number of hydrogen-bond donors (Lipinski definition) is 1. The van der Waals surface area contributed by atoms with E-state index in [9.17, 15) is 4.79 Å². The number of hydrogen-bond acceptors (Lipinski definition) is 1. The summed E-state index contributed by atoms with van der Waals surface area (Å²) in [7, 11) is 0. The van der Waals surface area contributed by atoms with Gasteiger partial charge in [0.1, 0.15) is 0 Å². The fourth-order valence-corrected chi connectivity index (χ4v) is 3.68. The third kappa shape index (κ3) is 3.69. The van der Waals surface area contributed by atoms with Gasteiger partial charge in [0.15, 0.2) is 0 Å². The molecule has 0 aliphatic heterocycles. The number of nitrogens with one attached hydrogen (secondary N) is 1. The van der Waals surface area contributed by atoms with E-state index in [1.165, 1.54) is 24.0 Å². The largest absolute Gasteiger partial charge is 0.349 e. The highest BCUT2D eigenvalue weighted by Crippen LogP contribution is 2.29. The second kappa shape index (κ2) is 7.21. The van der Waals surface area contributed by atoms with Gasteiger partial charge >= 0.3 is 0 Å². The molecule has 0 spiro atoms. The maximum Gasteiger partial charge on any atom is 0.251 e. The Morgan fingerprint density at radius 3 is 2.46 bits per heavy atom. The first-order chi connectivity index (χ1) is 11.5. The van der Waals surface area contributed by atoms with E-state index in [2.05, 4.69) is 50.4 Å². The minimum atomic E-state index is 0.0525. The minimum Gasteiger partial charge on any atom is -0.349 e. The van der Waals surface area contributed by atoms with Crippen molar-refractivity contribution in [3.8, 4) is 11.1 Å². The van der Waals surface area contributed by atoms with E-state index in [-0.39, 0.29) is 5.91 Å². The topological polar surface area (TPSA) is 29.1 Å². The Balaban J connectivity index is 1.70. The zero-order valence-electron chi connectivity index (χ0n) is 14.9. The molecule has 1 fully saturated rings. The lowest BCUT2D eigenvalue weighted by Gasteiger charge is -2.34. The van der Waals surface area contributed by atoms with Gasteiger partial charge < -0.3 is 5.32 Å². The molecule has 0 bridgehead atoms. The second-order valence-corrected chi connectivity index (χ2v) is 7.29. The van der Waals surface area contributed by atoms with Gasteiger partial charge in [0.25, 0.3) is 5.91 Å². The van der Waals surface area contributed by atoms with E-state index >= 15 is 0 Å². The maximum atomic E-state index is 12.6. The molecule has 1 N–H and O–H groups in total. The molecule has 1 amide bonds. The molecule has 2 aromatic rings. The van der Waals surface area contributed by atoms with Crippen LogP contribution in [-0.4, -0.2) is 11.9 Å². The minimum absolute atomic E-state index is 0.0525. The highest BCUT2D eigenvalue weighted by molar-refractivity contribution is 5.94. The molecule has 126 valence electrons. The first-order valence-corrected chi connectivity index (χ1v) is 9.02. The molecule has 3 rings (SSSR count). The number of rotatable bonds is 3. The van der Waals surface area contributed by atoms with Crippen molar-refractivity contribution in [2.24, 2.45) is 11.8 Å². The summed E-state index contributed by atoms with van der Waals surface area (Å²) in [6.07, 6.45) is 3.58.